The van der Waals surface area contributed by atoms with Crippen molar-refractivity contribution in [1.29, 1.82) is 5.26 Å². The number of pyridine rings is 1. The fourth-order valence-electron chi connectivity index (χ4n) is 2.84. The summed E-state index contributed by atoms with van der Waals surface area (Å²) in [5.41, 5.74) is 6.47. The van der Waals surface area contributed by atoms with Gasteiger partial charge in [0.1, 0.15) is 30.0 Å². The number of nitrogens with two attached hydrogens (primary N) is 1. The van der Waals surface area contributed by atoms with E-state index >= 15 is 0 Å². The van der Waals surface area contributed by atoms with Crippen LogP contribution in [0.2, 0.25) is 0 Å². The molecule has 9 nitrogen and oxygen atoms in total. The molecule has 0 saturated heterocycles. The average molecular weight is 413 g/mol. The van der Waals surface area contributed by atoms with Crippen LogP contribution in [0.5, 0.6) is 5.75 Å². The molecule has 0 spiro atoms. The number of nitriles is 1. The number of nitrogens with one attached hydrogen (secondary N) is 1. The van der Waals surface area contributed by atoms with Crippen LogP contribution in [-0.2, 0) is 15.8 Å². The molecule has 2 aromatic rings. The summed E-state index contributed by atoms with van der Waals surface area (Å²) in [6.07, 6.45) is 1.39. The van der Waals surface area contributed by atoms with Crippen molar-refractivity contribution in [3.8, 4) is 11.8 Å². The summed E-state index contributed by atoms with van der Waals surface area (Å²) in [6.45, 7) is 3.63. The molecule has 0 unspecified atom stereocenters. The summed E-state index contributed by atoms with van der Waals surface area (Å²) < 4.78 is 33.0. The molecule has 0 fully saturated rings. The smallest absolute Gasteiger partial charge is 0.259 e. The number of aromatic nitrogens is 1. The molecule has 0 atom stereocenters. The Balaban J connectivity index is 1.74. The largest absolute Gasteiger partial charge is 0.490 e. The van der Waals surface area contributed by atoms with Gasteiger partial charge in [-0.15, -0.1) is 4.40 Å². The SMILES string of the molecule is CC(C)(COc1cccc2c1C(N)=NS(=O)(=O)C2)NC(=O)c1ccnc(C#N)c1. The Kier molecular flexibility index (Phi) is 5.26. The number of carbonyl (C=O) groups excluding carboxylic acids is 1. The highest BCUT2D eigenvalue weighted by molar-refractivity contribution is 7.89. The van der Waals surface area contributed by atoms with Gasteiger partial charge in [-0.2, -0.15) is 5.26 Å². The molecule has 0 aliphatic carbocycles. The van der Waals surface area contributed by atoms with E-state index < -0.39 is 15.6 Å². The van der Waals surface area contributed by atoms with E-state index in [2.05, 4.69) is 14.7 Å². The van der Waals surface area contributed by atoms with Crippen LogP contribution < -0.4 is 15.8 Å². The summed E-state index contributed by atoms with van der Waals surface area (Å²) in [5.74, 6) is -0.357. The monoisotopic (exact) mass is 413 g/mol. The van der Waals surface area contributed by atoms with Gasteiger partial charge >= 0.3 is 0 Å². The van der Waals surface area contributed by atoms with Crippen molar-refractivity contribution in [1.82, 2.24) is 10.3 Å². The third kappa shape index (κ3) is 4.70. The third-order valence-corrected chi connectivity index (χ3v) is 5.27. The van der Waals surface area contributed by atoms with Crippen LogP contribution >= 0.6 is 0 Å². The summed E-state index contributed by atoms with van der Waals surface area (Å²) in [5, 5.41) is 11.8. The Labute approximate surface area is 168 Å². The van der Waals surface area contributed by atoms with Crippen LogP contribution in [0.25, 0.3) is 0 Å². The lowest BCUT2D eigenvalue weighted by Crippen LogP contribution is -2.48. The van der Waals surface area contributed by atoms with Gasteiger partial charge in [-0.05, 0) is 37.6 Å². The predicted octanol–water partition coefficient (Wildman–Crippen LogP) is 1.09. The standard InChI is InChI=1S/C19H19N5O4S/c1-19(2,23-18(25)12-6-7-22-14(8-12)9-20)11-28-15-5-3-4-13-10-29(26,27)24-17(21)16(13)15/h3-8H,10-11H2,1-2H3,(H2,21,24)(H,23,25). The van der Waals surface area contributed by atoms with Crippen LogP contribution in [-0.4, -0.2) is 37.3 Å². The number of carbonyl (C=O) groups is 1. The first-order valence-electron chi connectivity index (χ1n) is 8.62. The minimum Gasteiger partial charge on any atom is -0.490 e. The van der Waals surface area contributed by atoms with Crippen molar-refractivity contribution in [2.75, 3.05) is 6.61 Å². The second-order valence-corrected chi connectivity index (χ2v) is 8.80. The zero-order valence-corrected chi connectivity index (χ0v) is 16.7. The molecule has 29 heavy (non-hydrogen) atoms. The first-order chi connectivity index (χ1) is 13.6. The second-order valence-electron chi connectivity index (χ2n) is 7.16. The van der Waals surface area contributed by atoms with Crippen molar-refractivity contribution in [2.45, 2.75) is 25.1 Å². The maximum absolute atomic E-state index is 12.5. The van der Waals surface area contributed by atoms with E-state index in [4.69, 9.17) is 15.7 Å². The van der Waals surface area contributed by atoms with Gasteiger partial charge in [0.05, 0.1) is 16.9 Å². The summed E-state index contributed by atoms with van der Waals surface area (Å²) in [4.78, 5) is 16.3. The van der Waals surface area contributed by atoms with Gasteiger partial charge < -0.3 is 15.8 Å². The Morgan fingerprint density at radius 1 is 1.38 bits per heavy atom. The molecule has 3 N–H and O–H groups in total. The van der Waals surface area contributed by atoms with Gasteiger partial charge in [0, 0.05) is 11.8 Å². The lowest BCUT2D eigenvalue weighted by atomic mass is 10.0. The Morgan fingerprint density at radius 3 is 2.86 bits per heavy atom. The van der Waals surface area contributed by atoms with Crippen molar-refractivity contribution in [3.05, 3.63) is 58.9 Å². The quantitative estimate of drug-likeness (QED) is 0.745. The van der Waals surface area contributed by atoms with E-state index in [0.29, 0.717) is 22.4 Å². The maximum Gasteiger partial charge on any atom is 0.259 e. The predicted molar refractivity (Wildman–Crippen MR) is 106 cm³/mol. The highest BCUT2D eigenvalue weighted by Gasteiger charge is 2.27. The van der Waals surface area contributed by atoms with Gasteiger partial charge in [-0.25, -0.2) is 13.4 Å². The Bertz CT molecular complexity index is 1150. The van der Waals surface area contributed by atoms with Gasteiger partial charge in [0.2, 0.25) is 0 Å². The average Bonchev–Trinajstić information content (AvgIpc) is 2.64. The number of hydrogen-bond donors (Lipinski definition) is 2. The molecule has 10 heteroatoms. The van der Waals surface area contributed by atoms with Gasteiger partial charge in [-0.1, -0.05) is 12.1 Å². The zero-order valence-electron chi connectivity index (χ0n) is 15.8. The number of nitrogens with zero attached hydrogens (tertiary/aromatic N) is 3. The minimum absolute atomic E-state index is 0.0887. The number of rotatable bonds is 5. The van der Waals surface area contributed by atoms with E-state index in [9.17, 15) is 13.2 Å². The first-order valence-corrected chi connectivity index (χ1v) is 10.2. The second kappa shape index (κ2) is 7.52. The lowest BCUT2D eigenvalue weighted by Gasteiger charge is -2.27. The molecule has 1 aliphatic heterocycles. The summed E-state index contributed by atoms with van der Waals surface area (Å²) in [6, 6.07) is 9.80. The molecule has 0 bridgehead atoms. The highest BCUT2D eigenvalue weighted by atomic mass is 32.2. The van der Waals surface area contributed by atoms with Crippen LogP contribution in [0.4, 0.5) is 0 Å². The van der Waals surface area contributed by atoms with Crippen LogP contribution in [0.1, 0.15) is 41.0 Å². The topological polar surface area (TPSA) is 148 Å². The minimum atomic E-state index is -3.64. The number of amidine groups is 1. The van der Waals surface area contributed by atoms with Gasteiger partial charge in [-0.3, -0.25) is 4.79 Å². The summed E-state index contributed by atoms with van der Waals surface area (Å²) in [7, 11) is -3.64. The fourth-order valence-corrected chi connectivity index (χ4v) is 3.93. The Hall–Kier alpha value is -3.45. The molecule has 3 rings (SSSR count). The first kappa shape index (κ1) is 20.3. The third-order valence-electron chi connectivity index (χ3n) is 4.12. The molecule has 1 aliphatic rings. The van der Waals surface area contributed by atoms with Crippen LogP contribution in [0.3, 0.4) is 0 Å². The normalized spacial score (nSPS) is 14.9. The van der Waals surface area contributed by atoms with Crippen molar-refractivity contribution >= 4 is 21.8 Å². The molecular weight excluding hydrogens is 394 g/mol. The van der Waals surface area contributed by atoms with E-state index in [1.54, 1.807) is 32.0 Å². The van der Waals surface area contributed by atoms with E-state index in [-0.39, 0.29) is 29.8 Å². The molecule has 1 aromatic heterocycles. The van der Waals surface area contributed by atoms with E-state index in [1.165, 1.54) is 18.3 Å². The number of ether oxygens (including phenoxy) is 1. The number of sulfonamides is 1. The molecule has 1 amide bonds. The molecule has 150 valence electrons. The van der Waals surface area contributed by atoms with Crippen molar-refractivity contribution < 1.29 is 17.9 Å². The van der Waals surface area contributed by atoms with Crippen molar-refractivity contribution in [3.63, 3.8) is 0 Å². The number of hydrogen-bond acceptors (Lipinski definition) is 7. The lowest BCUT2D eigenvalue weighted by molar-refractivity contribution is 0.0880. The molecule has 0 radical (unpaired) electrons. The molecule has 2 heterocycles. The number of amides is 1. The zero-order chi connectivity index (χ0) is 21.2. The van der Waals surface area contributed by atoms with Crippen LogP contribution in [0, 0.1) is 11.3 Å². The molecule has 0 saturated carbocycles. The molecular formula is C19H19N5O4S. The number of fused-ring (bicyclic) bond motifs is 1. The van der Waals surface area contributed by atoms with Crippen molar-refractivity contribution in [2.24, 2.45) is 10.1 Å². The maximum atomic E-state index is 12.5. The van der Waals surface area contributed by atoms with E-state index in [1.807, 2.05) is 6.07 Å². The van der Waals surface area contributed by atoms with Gasteiger partial charge in [0.25, 0.3) is 15.9 Å². The summed E-state index contributed by atoms with van der Waals surface area (Å²) >= 11 is 0. The Morgan fingerprint density at radius 2 is 2.14 bits per heavy atom. The van der Waals surface area contributed by atoms with Crippen LogP contribution in [0.15, 0.2) is 40.9 Å². The van der Waals surface area contributed by atoms with E-state index in [0.717, 1.165) is 0 Å². The fraction of sp³-hybridized carbons (Fsp3) is 0.263. The highest BCUT2D eigenvalue weighted by Crippen LogP contribution is 2.28. The molecule has 1 aromatic carbocycles. The number of benzene rings is 1. The van der Waals surface area contributed by atoms with Gasteiger partial charge in [0.15, 0.2) is 0 Å².